The van der Waals surface area contributed by atoms with Gasteiger partial charge in [-0.1, -0.05) is 30.3 Å². The molecule has 1 atom stereocenters. The first-order valence-electron chi connectivity index (χ1n) is 10.2. The van der Waals surface area contributed by atoms with Crippen LogP contribution in [0.4, 0.5) is 4.79 Å². The molecule has 0 saturated carbocycles. The Morgan fingerprint density at radius 2 is 1.65 bits per heavy atom. The van der Waals surface area contributed by atoms with Crippen LogP contribution in [0, 0.1) is 0 Å². The van der Waals surface area contributed by atoms with Gasteiger partial charge >= 0.3 is 6.09 Å². The van der Waals surface area contributed by atoms with Crippen LogP contribution in [-0.2, 0) is 16.1 Å². The number of amides is 1. The second-order valence-electron chi connectivity index (χ2n) is 8.13. The molecule has 2 aromatic carbocycles. The largest absolute Gasteiger partial charge is 0.495 e. The van der Waals surface area contributed by atoms with Gasteiger partial charge in [0.15, 0.2) is 0 Å². The minimum absolute atomic E-state index is 0.286. The van der Waals surface area contributed by atoms with E-state index in [9.17, 15) is 4.79 Å². The van der Waals surface area contributed by atoms with Crippen LogP contribution in [0.25, 0.3) is 0 Å². The Hall–Kier alpha value is -2.25. The number of benzene rings is 2. The first-order valence-corrected chi connectivity index (χ1v) is 11.0. The van der Waals surface area contributed by atoms with Crippen molar-refractivity contribution in [3.05, 3.63) is 58.1 Å². The Bertz CT molecular complexity index is 826. The van der Waals surface area contributed by atoms with Gasteiger partial charge in [-0.2, -0.15) is 0 Å². The zero-order valence-corrected chi connectivity index (χ0v) is 20.7. The number of halogens is 1. The second kappa shape index (κ2) is 11.4. The van der Waals surface area contributed by atoms with E-state index >= 15 is 0 Å². The molecule has 0 aliphatic rings. The second-order valence-corrected chi connectivity index (χ2v) is 8.92. The third kappa shape index (κ3) is 7.43. The first kappa shape index (κ1) is 25.0. The third-order valence-electron chi connectivity index (χ3n) is 4.63. The van der Waals surface area contributed by atoms with E-state index in [1.165, 1.54) is 0 Å². The van der Waals surface area contributed by atoms with E-state index < -0.39 is 11.7 Å². The maximum atomic E-state index is 13.0. The van der Waals surface area contributed by atoms with Gasteiger partial charge in [0.05, 0.1) is 33.5 Å². The molecule has 0 radical (unpaired) electrons. The molecule has 1 amide bonds. The predicted octanol–water partition coefficient (Wildman–Crippen LogP) is 5.98. The van der Waals surface area contributed by atoms with E-state index in [1.54, 1.807) is 19.1 Å². The SMILES string of the molecule is COc1cc(C(C)N(CCOCc2ccccc2)C(=O)OC(C)(C)C)cc(OC)c1Br. The molecular weight excluding hydrogens is 462 g/mol. The molecule has 2 rings (SSSR count). The summed E-state index contributed by atoms with van der Waals surface area (Å²) in [5, 5.41) is 0. The fourth-order valence-corrected chi connectivity index (χ4v) is 3.55. The van der Waals surface area contributed by atoms with Crippen molar-refractivity contribution in [1.29, 1.82) is 0 Å². The molecule has 0 fully saturated rings. The maximum absolute atomic E-state index is 13.0. The van der Waals surface area contributed by atoms with E-state index in [0.29, 0.717) is 31.3 Å². The van der Waals surface area contributed by atoms with Crippen LogP contribution in [-0.4, -0.2) is 44.0 Å². The van der Waals surface area contributed by atoms with Crippen LogP contribution < -0.4 is 9.47 Å². The van der Waals surface area contributed by atoms with Crippen molar-refractivity contribution in [1.82, 2.24) is 4.90 Å². The Morgan fingerprint density at radius 1 is 1.06 bits per heavy atom. The Morgan fingerprint density at radius 3 is 2.16 bits per heavy atom. The van der Waals surface area contributed by atoms with Gasteiger partial charge in [0, 0.05) is 6.54 Å². The van der Waals surface area contributed by atoms with Crippen LogP contribution in [0.5, 0.6) is 11.5 Å². The highest BCUT2D eigenvalue weighted by Gasteiger charge is 2.28. The zero-order chi connectivity index (χ0) is 23.0. The number of carbonyl (C=O) groups excluding carboxylic acids is 1. The van der Waals surface area contributed by atoms with Gasteiger partial charge in [0.25, 0.3) is 0 Å². The summed E-state index contributed by atoms with van der Waals surface area (Å²) in [4.78, 5) is 14.7. The van der Waals surface area contributed by atoms with Gasteiger partial charge < -0.3 is 18.9 Å². The Kier molecular flexibility index (Phi) is 9.19. The summed E-state index contributed by atoms with van der Waals surface area (Å²) in [7, 11) is 3.19. The number of methoxy groups -OCH3 is 2. The highest BCUT2D eigenvalue weighted by molar-refractivity contribution is 9.10. The molecule has 170 valence electrons. The van der Waals surface area contributed by atoms with Gasteiger partial charge in [-0.25, -0.2) is 4.79 Å². The van der Waals surface area contributed by atoms with E-state index in [4.69, 9.17) is 18.9 Å². The molecule has 0 saturated heterocycles. The standard InChI is InChI=1S/C24H32BrNO5/c1-17(19-14-20(28-5)22(25)21(15-19)29-6)26(23(27)31-24(2,3)4)12-13-30-16-18-10-8-7-9-11-18/h7-11,14-15,17H,12-13,16H2,1-6H3. The van der Waals surface area contributed by atoms with Crippen LogP contribution >= 0.6 is 15.9 Å². The van der Waals surface area contributed by atoms with Crippen molar-refractivity contribution >= 4 is 22.0 Å². The van der Waals surface area contributed by atoms with Crippen molar-refractivity contribution in [3.63, 3.8) is 0 Å². The minimum Gasteiger partial charge on any atom is -0.495 e. The number of hydrogen-bond acceptors (Lipinski definition) is 5. The molecule has 1 unspecified atom stereocenters. The van der Waals surface area contributed by atoms with E-state index in [2.05, 4.69) is 15.9 Å². The summed E-state index contributed by atoms with van der Waals surface area (Å²) >= 11 is 3.49. The minimum atomic E-state index is -0.602. The predicted molar refractivity (Wildman–Crippen MR) is 125 cm³/mol. The highest BCUT2D eigenvalue weighted by atomic mass is 79.9. The average molecular weight is 494 g/mol. The quantitative estimate of drug-likeness (QED) is 0.402. The summed E-state index contributed by atoms with van der Waals surface area (Å²) in [5.74, 6) is 1.26. The van der Waals surface area contributed by atoms with Gasteiger partial charge in [-0.3, -0.25) is 4.90 Å². The van der Waals surface area contributed by atoms with E-state index in [-0.39, 0.29) is 6.04 Å². The first-order chi connectivity index (χ1) is 14.7. The summed E-state index contributed by atoms with van der Waals surface area (Å²) in [6.45, 7) is 8.75. The van der Waals surface area contributed by atoms with Crippen LogP contribution in [0.2, 0.25) is 0 Å². The number of carbonyl (C=O) groups is 1. The van der Waals surface area contributed by atoms with Crippen molar-refractivity contribution < 1.29 is 23.7 Å². The summed E-state index contributed by atoms with van der Waals surface area (Å²) in [6.07, 6.45) is -0.399. The zero-order valence-electron chi connectivity index (χ0n) is 19.1. The summed E-state index contributed by atoms with van der Waals surface area (Å²) < 4.78 is 23.1. The molecule has 2 aromatic rings. The molecule has 0 aliphatic carbocycles. The number of nitrogens with zero attached hydrogens (tertiary/aromatic N) is 1. The lowest BCUT2D eigenvalue weighted by Crippen LogP contribution is -2.40. The number of rotatable bonds is 9. The molecular formula is C24H32BrNO5. The molecule has 0 bridgehead atoms. The lowest BCUT2D eigenvalue weighted by molar-refractivity contribution is 0.00766. The highest BCUT2D eigenvalue weighted by Crippen LogP contribution is 2.38. The molecule has 0 aliphatic heterocycles. The lowest BCUT2D eigenvalue weighted by Gasteiger charge is -2.32. The Balaban J connectivity index is 2.19. The lowest BCUT2D eigenvalue weighted by atomic mass is 10.1. The fraction of sp³-hybridized carbons (Fsp3) is 0.458. The normalized spacial score (nSPS) is 12.2. The van der Waals surface area contributed by atoms with Crippen molar-refractivity contribution in [2.45, 2.75) is 45.9 Å². The molecule has 6 nitrogen and oxygen atoms in total. The van der Waals surface area contributed by atoms with E-state index in [0.717, 1.165) is 15.6 Å². The van der Waals surface area contributed by atoms with Gasteiger partial charge in [0.2, 0.25) is 0 Å². The fourth-order valence-electron chi connectivity index (χ4n) is 3.00. The molecule has 0 spiro atoms. The van der Waals surface area contributed by atoms with Crippen molar-refractivity contribution in [2.75, 3.05) is 27.4 Å². The number of hydrogen-bond donors (Lipinski definition) is 0. The van der Waals surface area contributed by atoms with Gasteiger partial charge in [-0.15, -0.1) is 0 Å². The Labute approximate surface area is 193 Å². The summed E-state index contributed by atoms with van der Waals surface area (Å²) in [5.41, 5.74) is 1.35. The molecule has 0 heterocycles. The molecule has 31 heavy (non-hydrogen) atoms. The van der Waals surface area contributed by atoms with E-state index in [1.807, 2.05) is 70.2 Å². The molecule has 7 heteroatoms. The van der Waals surface area contributed by atoms with Crippen molar-refractivity contribution in [3.8, 4) is 11.5 Å². The van der Waals surface area contributed by atoms with Gasteiger partial charge in [-0.05, 0) is 66.9 Å². The maximum Gasteiger partial charge on any atom is 0.410 e. The smallest absolute Gasteiger partial charge is 0.410 e. The van der Waals surface area contributed by atoms with Crippen molar-refractivity contribution in [2.24, 2.45) is 0 Å². The molecule has 0 aromatic heterocycles. The monoisotopic (exact) mass is 493 g/mol. The molecule has 0 N–H and O–H groups in total. The number of ether oxygens (including phenoxy) is 4. The topological polar surface area (TPSA) is 57.2 Å². The van der Waals surface area contributed by atoms with Gasteiger partial charge in [0.1, 0.15) is 21.6 Å². The average Bonchev–Trinajstić information content (AvgIpc) is 2.73. The third-order valence-corrected chi connectivity index (χ3v) is 5.42. The summed E-state index contributed by atoms with van der Waals surface area (Å²) in [6, 6.07) is 13.4. The van der Waals surface area contributed by atoms with Crippen LogP contribution in [0.15, 0.2) is 46.9 Å². The van der Waals surface area contributed by atoms with Crippen LogP contribution in [0.3, 0.4) is 0 Å². The van der Waals surface area contributed by atoms with Crippen LogP contribution in [0.1, 0.15) is 44.9 Å².